The molecule has 0 heterocycles. The Balaban J connectivity index is 2.63. The number of benzene rings is 1. The van der Waals surface area contributed by atoms with E-state index in [2.05, 4.69) is 29.3 Å². The highest BCUT2D eigenvalue weighted by molar-refractivity contribution is 7.80. The predicted octanol–water partition coefficient (Wildman–Crippen LogP) is 3.64. The van der Waals surface area contributed by atoms with E-state index in [4.69, 9.17) is 21.7 Å². The largest absolute Gasteiger partial charge is 0.490 e. The molecule has 1 aromatic carbocycles. The van der Waals surface area contributed by atoms with E-state index in [-0.39, 0.29) is 0 Å². The summed E-state index contributed by atoms with van der Waals surface area (Å²) >= 11 is 5.06. The predicted molar refractivity (Wildman–Crippen MR) is 104 cm³/mol. The van der Waals surface area contributed by atoms with Gasteiger partial charge >= 0.3 is 0 Å². The van der Waals surface area contributed by atoms with E-state index in [9.17, 15) is 0 Å². The van der Waals surface area contributed by atoms with Crippen molar-refractivity contribution in [2.45, 2.75) is 33.1 Å². The minimum absolute atomic E-state index is 0.451. The maximum Gasteiger partial charge on any atom is 0.187 e. The summed E-state index contributed by atoms with van der Waals surface area (Å²) in [5, 5.41) is 7.49. The number of thiocarbonyl (C=S) groups is 1. The fourth-order valence-corrected chi connectivity index (χ4v) is 2.03. The van der Waals surface area contributed by atoms with Crippen LogP contribution in [0.4, 0.5) is 0 Å². The van der Waals surface area contributed by atoms with E-state index in [0.29, 0.717) is 24.9 Å². The van der Waals surface area contributed by atoms with Gasteiger partial charge in [-0.3, -0.25) is 5.43 Å². The minimum atomic E-state index is 0.451. The Morgan fingerprint density at radius 1 is 1.25 bits per heavy atom. The molecule has 0 saturated carbocycles. The third kappa shape index (κ3) is 7.97. The topological polar surface area (TPSA) is 54.9 Å². The van der Waals surface area contributed by atoms with Crippen molar-refractivity contribution >= 4 is 23.5 Å². The molecule has 24 heavy (non-hydrogen) atoms. The fourth-order valence-electron chi connectivity index (χ4n) is 1.90. The van der Waals surface area contributed by atoms with E-state index in [1.54, 1.807) is 12.3 Å². The van der Waals surface area contributed by atoms with Crippen molar-refractivity contribution in [3.63, 3.8) is 0 Å². The summed E-state index contributed by atoms with van der Waals surface area (Å²) in [6, 6.07) is 5.75. The van der Waals surface area contributed by atoms with Crippen molar-refractivity contribution < 1.29 is 9.47 Å². The van der Waals surface area contributed by atoms with Gasteiger partial charge in [-0.2, -0.15) is 5.10 Å². The zero-order chi connectivity index (χ0) is 17.6. The highest BCUT2D eigenvalue weighted by atomic mass is 32.1. The Hall–Kier alpha value is -2.08. The van der Waals surface area contributed by atoms with Crippen LogP contribution in [0.15, 0.2) is 36.0 Å². The lowest BCUT2D eigenvalue weighted by Crippen LogP contribution is -2.31. The normalized spacial score (nSPS) is 10.4. The highest BCUT2D eigenvalue weighted by Gasteiger charge is 2.06. The Morgan fingerprint density at radius 3 is 2.79 bits per heavy atom. The summed E-state index contributed by atoms with van der Waals surface area (Å²) in [5.74, 6) is 1.49. The highest BCUT2D eigenvalue weighted by Crippen LogP contribution is 2.28. The lowest BCUT2D eigenvalue weighted by Gasteiger charge is -2.12. The smallest absolute Gasteiger partial charge is 0.187 e. The van der Waals surface area contributed by atoms with E-state index in [1.807, 2.05) is 25.1 Å². The molecule has 0 radical (unpaired) electrons. The molecule has 2 N–H and O–H groups in total. The van der Waals surface area contributed by atoms with Crippen molar-refractivity contribution in [1.29, 1.82) is 0 Å². The van der Waals surface area contributed by atoms with Gasteiger partial charge in [-0.15, -0.1) is 6.58 Å². The number of hydrazone groups is 1. The van der Waals surface area contributed by atoms with Crippen LogP contribution in [-0.2, 0) is 0 Å². The van der Waals surface area contributed by atoms with Crippen LogP contribution in [0.25, 0.3) is 0 Å². The van der Waals surface area contributed by atoms with Crippen LogP contribution < -0.4 is 20.2 Å². The van der Waals surface area contributed by atoms with Gasteiger partial charge in [0.15, 0.2) is 16.6 Å². The molecule has 0 aliphatic rings. The number of rotatable bonds is 11. The van der Waals surface area contributed by atoms with Gasteiger partial charge in [-0.05, 0) is 49.3 Å². The average molecular weight is 350 g/mol. The molecular weight excluding hydrogens is 322 g/mol. The maximum absolute atomic E-state index is 5.81. The molecule has 0 amide bonds. The van der Waals surface area contributed by atoms with Crippen LogP contribution in [0.2, 0.25) is 0 Å². The number of ether oxygens (including phenoxy) is 2. The third-order valence-corrected chi connectivity index (χ3v) is 3.30. The molecule has 0 atom stereocenters. The molecule has 0 fully saturated rings. The van der Waals surface area contributed by atoms with E-state index in [1.165, 1.54) is 12.8 Å². The first-order valence-corrected chi connectivity index (χ1v) is 8.69. The SMILES string of the molecule is C=CCNC(=S)N/N=C/c1ccc(OCCCCC)c(OCC)c1. The van der Waals surface area contributed by atoms with E-state index < -0.39 is 0 Å². The Kier molecular flexibility index (Phi) is 10.3. The number of unbranched alkanes of at least 4 members (excludes halogenated alkanes) is 2. The Morgan fingerprint density at radius 2 is 2.08 bits per heavy atom. The molecule has 1 rings (SSSR count). The summed E-state index contributed by atoms with van der Waals surface area (Å²) in [5.41, 5.74) is 3.65. The van der Waals surface area contributed by atoms with Gasteiger partial charge in [-0.25, -0.2) is 0 Å². The molecule has 0 saturated heterocycles. The monoisotopic (exact) mass is 349 g/mol. The minimum Gasteiger partial charge on any atom is -0.490 e. The van der Waals surface area contributed by atoms with Crippen molar-refractivity contribution in [2.75, 3.05) is 19.8 Å². The quantitative estimate of drug-likeness (QED) is 0.210. The molecule has 5 nitrogen and oxygen atoms in total. The first kappa shape index (κ1) is 20.0. The lowest BCUT2D eigenvalue weighted by atomic mass is 10.2. The number of hydrogen-bond acceptors (Lipinski definition) is 4. The van der Waals surface area contributed by atoms with Crippen molar-refractivity contribution in [3.8, 4) is 11.5 Å². The second-order valence-corrected chi connectivity index (χ2v) is 5.47. The molecule has 0 spiro atoms. The molecule has 0 aliphatic carbocycles. The van der Waals surface area contributed by atoms with E-state index >= 15 is 0 Å². The summed E-state index contributed by atoms with van der Waals surface area (Å²) in [4.78, 5) is 0. The van der Waals surface area contributed by atoms with Crippen molar-refractivity contribution in [3.05, 3.63) is 36.4 Å². The zero-order valence-corrected chi connectivity index (χ0v) is 15.3. The molecule has 0 aliphatic heterocycles. The molecule has 0 aromatic heterocycles. The molecular formula is C18H27N3O2S. The van der Waals surface area contributed by atoms with Gasteiger partial charge in [-0.1, -0.05) is 25.8 Å². The maximum atomic E-state index is 5.81. The number of hydrogen-bond donors (Lipinski definition) is 2. The first-order valence-electron chi connectivity index (χ1n) is 8.28. The van der Waals surface area contributed by atoms with Crippen LogP contribution in [0, 0.1) is 0 Å². The molecule has 1 aromatic rings. The van der Waals surface area contributed by atoms with Gasteiger partial charge in [0.2, 0.25) is 0 Å². The van der Waals surface area contributed by atoms with Gasteiger partial charge in [0.25, 0.3) is 0 Å². The first-order chi connectivity index (χ1) is 11.7. The summed E-state index contributed by atoms with van der Waals surface area (Å²) < 4.78 is 11.5. The fraction of sp³-hybridized carbons (Fsp3) is 0.444. The zero-order valence-electron chi connectivity index (χ0n) is 14.5. The van der Waals surface area contributed by atoms with Crippen LogP contribution in [0.5, 0.6) is 11.5 Å². The second kappa shape index (κ2) is 12.4. The van der Waals surface area contributed by atoms with Crippen LogP contribution in [0.3, 0.4) is 0 Å². The van der Waals surface area contributed by atoms with Crippen molar-refractivity contribution in [2.24, 2.45) is 5.10 Å². The van der Waals surface area contributed by atoms with Crippen LogP contribution in [-0.4, -0.2) is 31.1 Å². The lowest BCUT2D eigenvalue weighted by molar-refractivity contribution is 0.271. The standard InChI is InChI=1S/C18H27N3O2S/c1-4-7-8-12-23-16-10-9-15(13-17(16)22-6-3)14-20-21-18(24)19-11-5-2/h5,9-10,13-14H,2,4,6-8,11-12H2,1,3H3,(H2,19,21,24)/b20-14+. The van der Waals surface area contributed by atoms with E-state index in [0.717, 1.165) is 23.5 Å². The number of nitrogens with zero attached hydrogens (tertiary/aromatic N) is 1. The van der Waals surface area contributed by atoms with Gasteiger partial charge < -0.3 is 14.8 Å². The second-order valence-electron chi connectivity index (χ2n) is 5.06. The third-order valence-electron chi connectivity index (χ3n) is 3.06. The van der Waals surface area contributed by atoms with Gasteiger partial charge in [0.05, 0.1) is 19.4 Å². The van der Waals surface area contributed by atoms with Crippen LogP contribution >= 0.6 is 12.2 Å². The average Bonchev–Trinajstić information content (AvgIpc) is 2.58. The molecule has 0 unspecified atom stereocenters. The number of nitrogens with one attached hydrogen (secondary N) is 2. The van der Waals surface area contributed by atoms with Gasteiger partial charge in [0, 0.05) is 6.54 Å². The molecule has 132 valence electrons. The summed E-state index contributed by atoms with van der Waals surface area (Å²) in [6.07, 6.45) is 6.80. The molecule has 0 bridgehead atoms. The van der Waals surface area contributed by atoms with Crippen molar-refractivity contribution in [1.82, 2.24) is 10.7 Å². The Labute approximate surface area is 150 Å². The van der Waals surface area contributed by atoms with Crippen LogP contribution in [0.1, 0.15) is 38.7 Å². The molecule has 6 heteroatoms. The summed E-state index contributed by atoms with van der Waals surface area (Å²) in [7, 11) is 0. The van der Waals surface area contributed by atoms with Gasteiger partial charge in [0.1, 0.15) is 0 Å². The summed E-state index contributed by atoms with van der Waals surface area (Å²) in [6.45, 7) is 9.62. The Bertz CT molecular complexity index is 547.